The highest BCUT2D eigenvalue weighted by Gasteiger charge is 2.13. The van der Waals surface area contributed by atoms with Gasteiger partial charge >= 0.3 is 0 Å². The normalized spacial score (nSPS) is 11.4. The minimum Gasteiger partial charge on any atom is -0.352 e. The molecule has 0 fully saturated rings. The summed E-state index contributed by atoms with van der Waals surface area (Å²) in [7, 11) is 1.65. The summed E-state index contributed by atoms with van der Waals surface area (Å²) in [5, 5.41) is 9.38. The lowest BCUT2D eigenvalue weighted by atomic mass is 10.1. The maximum atomic E-state index is 11.7. The molecule has 0 aromatic carbocycles. The number of amides is 1. The molecule has 3 N–H and O–H groups in total. The Hall–Kier alpha value is -1.09. The third kappa shape index (κ3) is 9.04. The quantitative estimate of drug-likeness (QED) is 0.290. The Morgan fingerprint density at radius 2 is 2.00 bits per heavy atom. The van der Waals surface area contributed by atoms with Crippen LogP contribution in [0.1, 0.15) is 26.3 Å². The van der Waals surface area contributed by atoms with E-state index in [0.29, 0.717) is 17.7 Å². The first-order chi connectivity index (χ1) is 9.80. The number of carbonyl (C=O) groups is 1. The molecule has 0 aliphatic heterocycles. The lowest BCUT2D eigenvalue weighted by Crippen LogP contribution is -2.48. The number of hydrogen-bond donors (Lipinski definition) is 3. The van der Waals surface area contributed by atoms with Gasteiger partial charge in [0.25, 0.3) is 0 Å². The first kappa shape index (κ1) is 20.9. The van der Waals surface area contributed by atoms with Gasteiger partial charge < -0.3 is 16.0 Å². The van der Waals surface area contributed by atoms with Crippen LogP contribution >= 0.6 is 35.6 Å². The predicted molar refractivity (Wildman–Crippen MR) is 101 cm³/mol. The highest BCUT2D eigenvalue weighted by atomic mass is 127. The molecule has 0 unspecified atom stereocenters. The maximum absolute atomic E-state index is 11.7. The Labute approximate surface area is 153 Å². The van der Waals surface area contributed by atoms with Crippen molar-refractivity contribution >= 4 is 47.4 Å². The Kier molecular flexibility index (Phi) is 9.34. The summed E-state index contributed by atoms with van der Waals surface area (Å²) < 4.78 is 0. The maximum Gasteiger partial charge on any atom is 0.239 e. The predicted octanol–water partition coefficient (Wildman–Crippen LogP) is 1.93. The number of halogens is 2. The molecule has 0 atom stereocenters. The van der Waals surface area contributed by atoms with Crippen molar-refractivity contribution in [2.24, 2.45) is 4.99 Å². The Bertz CT molecular complexity index is 499. The summed E-state index contributed by atoms with van der Waals surface area (Å²) in [5.74, 6) is 0.465. The molecule has 22 heavy (non-hydrogen) atoms. The zero-order chi connectivity index (χ0) is 15.9. The molecule has 1 amide bonds. The SMILES string of the molecule is CN=C(NCC(=O)NC(C)(C)C)NCc1ccc(Cl)nc1.I. The average molecular weight is 440 g/mol. The van der Waals surface area contributed by atoms with Gasteiger partial charge in [-0.1, -0.05) is 17.7 Å². The molecule has 1 aromatic rings. The fraction of sp³-hybridized carbons (Fsp3) is 0.500. The molecular formula is C14H23ClIN5O. The van der Waals surface area contributed by atoms with Crippen LogP contribution in [0.3, 0.4) is 0 Å². The Morgan fingerprint density at radius 1 is 1.32 bits per heavy atom. The largest absolute Gasteiger partial charge is 0.352 e. The Morgan fingerprint density at radius 3 is 2.50 bits per heavy atom. The van der Waals surface area contributed by atoms with E-state index in [2.05, 4.69) is 25.9 Å². The van der Waals surface area contributed by atoms with E-state index in [1.165, 1.54) is 0 Å². The summed E-state index contributed by atoms with van der Waals surface area (Å²) in [6, 6.07) is 3.60. The van der Waals surface area contributed by atoms with Crippen molar-refractivity contribution in [1.82, 2.24) is 20.9 Å². The van der Waals surface area contributed by atoms with E-state index in [9.17, 15) is 4.79 Å². The fourth-order valence-electron chi connectivity index (χ4n) is 1.54. The minimum atomic E-state index is -0.245. The zero-order valence-electron chi connectivity index (χ0n) is 13.2. The smallest absolute Gasteiger partial charge is 0.239 e. The van der Waals surface area contributed by atoms with Crippen molar-refractivity contribution < 1.29 is 4.79 Å². The van der Waals surface area contributed by atoms with Gasteiger partial charge in [-0.15, -0.1) is 24.0 Å². The van der Waals surface area contributed by atoms with Gasteiger partial charge in [-0.2, -0.15) is 0 Å². The fourth-order valence-corrected chi connectivity index (χ4v) is 1.66. The number of aromatic nitrogens is 1. The standard InChI is InChI=1S/C14H22ClN5O.HI/c1-14(2,3)20-12(21)9-19-13(16-4)18-8-10-5-6-11(15)17-7-10;/h5-7H,8-9H2,1-4H3,(H,20,21)(H2,16,18,19);1H. The summed E-state index contributed by atoms with van der Waals surface area (Å²) in [4.78, 5) is 19.8. The lowest BCUT2D eigenvalue weighted by molar-refractivity contribution is -0.121. The molecule has 0 bridgehead atoms. The molecule has 1 rings (SSSR count). The van der Waals surface area contributed by atoms with E-state index in [1.807, 2.05) is 26.8 Å². The highest BCUT2D eigenvalue weighted by Crippen LogP contribution is 2.04. The first-order valence-corrected chi connectivity index (χ1v) is 7.04. The highest BCUT2D eigenvalue weighted by molar-refractivity contribution is 14.0. The van der Waals surface area contributed by atoms with Crippen LogP contribution < -0.4 is 16.0 Å². The molecule has 0 aliphatic carbocycles. The van der Waals surface area contributed by atoms with E-state index in [-0.39, 0.29) is 42.0 Å². The van der Waals surface area contributed by atoms with Crippen LogP contribution in [0.5, 0.6) is 0 Å². The monoisotopic (exact) mass is 439 g/mol. The second-order valence-electron chi connectivity index (χ2n) is 5.57. The van der Waals surface area contributed by atoms with Gasteiger partial charge in [0.2, 0.25) is 5.91 Å². The summed E-state index contributed by atoms with van der Waals surface area (Å²) >= 11 is 5.73. The molecule has 124 valence electrons. The van der Waals surface area contributed by atoms with Crippen LogP contribution in [0.4, 0.5) is 0 Å². The molecule has 0 aliphatic rings. The van der Waals surface area contributed by atoms with Crippen LogP contribution in [0.25, 0.3) is 0 Å². The average Bonchev–Trinajstić information content (AvgIpc) is 2.39. The number of guanidine groups is 1. The minimum absolute atomic E-state index is 0. The van der Waals surface area contributed by atoms with Gasteiger partial charge in [-0.25, -0.2) is 4.98 Å². The molecule has 1 aromatic heterocycles. The van der Waals surface area contributed by atoms with Crippen LogP contribution in [0.15, 0.2) is 23.3 Å². The van der Waals surface area contributed by atoms with Gasteiger partial charge in [0.05, 0.1) is 6.54 Å². The second-order valence-corrected chi connectivity index (χ2v) is 5.95. The molecule has 0 spiro atoms. The third-order valence-corrected chi connectivity index (χ3v) is 2.63. The Balaban J connectivity index is 0.00000441. The number of hydrogen-bond acceptors (Lipinski definition) is 3. The number of rotatable bonds is 4. The van der Waals surface area contributed by atoms with Crippen LogP contribution in [0, 0.1) is 0 Å². The molecule has 6 nitrogen and oxygen atoms in total. The van der Waals surface area contributed by atoms with Crippen molar-refractivity contribution in [2.75, 3.05) is 13.6 Å². The van der Waals surface area contributed by atoms with E-state index < -0.39 is 0 Å². The second kappa shape index (κ2) is 9.83. The van der Waals surface area contributed by atoms with Crippen molar-refractivity contribution in [3.8, 4) is 0 Å². The van der Waals surface area contributed by atoms with Gasteiger partial charge in [-0.05, 0) is 32.4 Å². The molecular weight excluding hydrogens is 417 g/mol. The van der Waals surface area contributed by atoms with E-state index >= 15 is 0 Å². The van der Waals surface area contributed by atoms with Crippen molar-refractivity contribution in [2.45, 2.75) is 32.9 Å². The van der Waals surface area contributed by atoms with E-state index in [0.717, 1.165) is 5.56 Å². The number of carbonyl (C=O) groups excluding carboxylic acids is 1. The van der Waals surface area contributed by atoms with Gasteiger partial charge in [0, 0.05) is 25.3 Å². The number of nitrogens with one attached hydrogen (secondary N) is 3. The number of pyridine rings is 1. The summed E-state index contributed by atoms with van der Waals surface area (Å²) in [6.45, 7) is 6.52. The molecule has 0 saturated carbocycles. The zero-order valence-corrected chi connectivity index (χ0v) is 16.3. The van der Waals surface area contributed by atoms with Crippen LogP contribution in [0.2, 0.25) is 5.15 Å². The molecule has 0 radical (unpaired) electrons. The van der Waals surface area contributed by atoms with Crippen molar-refractivity contribution in [3.63, 3.8) is 0 Å². The summed E-state index contributed by atoms with van der Waals surface area (Å²) in [6.07, 6.45) is 1.69. The van der Waals surface area contributed by atoms with Gasteiger partial charge in [0.15, 0.2) is 5.96 Å². The van der Waals surface area contributed by atoms with Gasteiger partial charge in [0.1, 0.15) is 5.15 Å². The van der Waals surface area contributed by atoms with Crippen LogP contribution in [-0.4, -0.2) is 36.0 Å². The van der Waals surface area contributed by atoms with Crippen molar-refractivity contribution in [1.29, 1.82) is 0 Å². The molecule has 1 heterocycles. The number of nitrogens with zero attached hydrogens (tertiary/aromatic N) is 2. The van der Waals surface area contributed by atoms with Gasteiger partial charge in [-0.3, -0.25) is 9.79 Å². The molecule has 0 saturated heterocycles. The lowest BCUT2D eigenvalue weighted by Gasteiger charge is -2.21. The van der Waals surface area contributed by atoms with E-state index in [4.69, 9.17) is 11.6 Å². The first-order valence-electron chi connectivity index (χ1n) is 6.66. The third-order valence-electron chi connectivity index (χ3n) is 2.40. The van der Waals surface area contributed by atoms with Crippen molar-refractivity contribution in [3.05, 3.63) is 29.0 Å². The topological polar surface area (TPSA) is 78.4 Å². The number of aliphatic imine (C=N–C) groups is 1. The molecule has 8 heteroatoms. The van der Waals surface area contributed by atoms with Crippen LogP contribution in [-0.2, 0) is 11.3 Å². The van der Waals surface area contributed by atoms with E-state index in [1.54, 1.807) is 19.3 Å². The summed E-state index contributed by atoms with van der Waals surface area (Å²) in [5.41, 5.74) is 0.728.